The lowest BCUT2D eigenvalue weighted by Crippen LogP contribution is -2.30. The van der Waals surface area contributed by atoms with Crippen molar-refractivity contribution in [3.63, 3.8) is 0 Å². The summed E-state index contributed by atoms with van der Waals surface area (Å²) in [5, 5.41) is 13.1. The van der Waals surface area contributed by atoms with Crippen LogP contribution in [0.2, 0.25) is 0 Å². The number of H-pyrrole nitrogens is 2. The Morgan fingerprint density at radius 1 is 1.10 bits per heavy atom. The molecule has 7 nitrogen and oxygen atoms in total. The highest BCUT2D eigenvalue weighted by atomic mass is 16.1. The van der Waals surface area contributed by atoms with E-state index in [0.29, 0.717) is 0 Å². The van der Waals surface area contributed by atoms with Crippen LogP contribution >= 0.6 is 0 Å². The van der Waals surface area contributed by atoms with Crippen LogP contribution in [0, 0.1) is 12.8 Å². The molecular weight excluding hydrogens is 496 g/mol. The minimum absolute atomic E-state index is 0.114. The second-order valence-corrected chi connectivity index (χ2v) is 10.7. The van der Waals surface area contributed by atoms with Gasteiger partial charge in [0.1, 0.15) is 5.69 Å². The van der Waals surface area contributed by atoms with E-state index in [0.717, 1.165) is 87.1 Å². The normalized spacial score (nSPS) is 15.2. The first-order valence-corrected chi connectivity index (χ1v) is 13.9. The first-order valence-electron chi connectivity index (χ1n) is 13.9. The molecule has 0 atom stereocenters. The van der Waals surface area contributed by atoms with Gasteiger partial charge in [0.15, 0.2) is 0 Å². The first-order chi connectivity index (χ1) is 19.5. The topological polar surface area (TPSA) is 91.4 Å². The predicted molar refractivity (Wildman–Crippen MR) is 162 cm³/mol. The molecule has 0 saturated heterocycles. The van der Waals surface area contributed by atoms with E-state index in [9.17, 15) is 4.79 Å². The molecule has 7 heteroatoms. The molecule has 1 aliphatic rings. The third kappa shape index (κ3) is 5.02. The molecule has 1 fully saturated rings. The molecule has 1 amide bonds. The second kappa shape index (κ2) is 10.8. The van der Waals surface area contributed by atoms with Crippen LogP contribution in [0.15, 0.2) is 85.5 Å². The Kier molecular flexibility index (Phi) is 6.95. The summed E-state index contributed by atoms with van der Waals surface area (Å²) in [7, 11) is 0. The average molecular weight is 531 g/mol. The van der Waals surface area contributed by atoms with E-state index in [2.05, 4.69) is 62.4 Å². The standard InChI is InChI=1S/C33H34N6O/c1-4-9-24(16-21(2)35-33(40)23-10-6-5-7-11-23)25-14-15-29-27(17-25)32(38-37-29)30-18-26-28(36-30)12-8-13-31(26)39-19-22(3)34-20-39/h4,8-9,12-20,23,36H,1,5-7,10-11H2,2-3H3,(H,35,40)(H,37,38)/b21-16+,24-9+. The van der Waals surface area contributed by atoms with Crippen LogP contribution in [0.5, 0.6) is 0 Å². The Hall–Kier alpha value is -4.65. The molecule has 0 bridgehead atoms. The van der Waals surface area contributed by atoms with E-state index in [1.54, 1.807) is 6.08 Å². The number of rotatable bonds is 7. The summed E-state index contributed by atoms with van der Waals surface area (Å²) in [5.74, 6) is 0.242. The fraction of sp³-hybridized carbons (Fsp3) is 0.242. The summed E-state index contributed by atoms with van der Waals surface area (Å²) in [5.41, 5.74) is 8.63. The van der Waals surface area contributed by atoms with E-state index >= 15 is 0 Å². The van der Waals surface area contributed by atoms with Crippen LogP contribution < -0.4 is 5.32 Å². The Morgan fingerprint density at radius 2 is 1.95 bits per heavy atom. The van der Waals surface area contributed by atoms with Crippen molar-refractivity contribution in [1.82, 2.24) is 30.0 Å². The molecule has 202 valence electrons. The quantitative estimate of drug-likeness (QED) is 0.192. The Morgan fingerprint density at radius 3 is 2.73 bits per heavy atom. The highest BCUT2D eigenvalue weighted by Crippen LogP contribution is 2.33. The van der Waals surface area contributed by atoms with Gasteiger partial charge in [0, 0.05) is 34.1 Å². The van der Waals surface area contributed by atoms with Crippen LogP contribution in [0.1, 0.15) is 50.3 Å². The zero-order chi connectivity index (χ0) is 27.6. The van der Waals surface area contributed by atoms with Gasteiger partial charge in [0.05, 0.1) is 28.9 Å². The van der Waals surface area contributed by atoms with Gasteiger partial charge in [-0.2, -0.15) is 5.10 Å². The average Bonchev–Trinajstić information content (AvgIpc) is 3.70. The second-order valence-electron chi connectivity index (χ2n) is 10.7. The number of nitrogens with zero attached hydrogens (tertiary/aromatic N) is 3. The number of hydrogen-bond donors (Lipinski definition) is 3. The van der Waals surface area contributed by atoms with Gasteiger partial charge in [-0.15, -0.1) is 0 Å². The van der Waals surface area contributed by atoms with Crippen LogP contribution in [0.4, 0.5) is 0 Å². The number of nitrogens with one attached hydrogen (secondary N) is 3. The van der Waals surface area contributed by atoms with E-state index in [4.69, 9.17) is 0 Å². The Bertz CT molecular complexity index is 1770. The maximum atomic E-state index is 12.8. The SMILES string of the molecule is C=C/C=C(\C=C(/C)NC(=O)C1CCCCC1)c1ccc2[nH]nc(-c3cc4c(-n5cnc(C)c5)cccc4[nH]3)c2c1. The van der Waals surface area contributed by atoms with E-state index in [-0.39, 0.29) is 11.8 Å². The van der Waals surface area contributed by atoms with Gasteiger partial charge in [-0.1, -0.05) is 50.1 Å². The fourth-order valence-corrected chi connectivity index (χ4v) is 5.73. The number of carbonyl (C=O) groups excluding carboxylic acids is 1. The van der Waals surface area contributed by atoms with Crippen molar-refractivity contribution < 1.29 is 4.79 Å². The van der Waals surface area contributed by atoms with E-state index in [1.165, 1.54) is 6.42 Å². The number of aryl methyl sites for hydroxylation is 1. The Labute approximate surface area is 233 Å². The van der Waals surface area contributed by atoms with Gasteiger partial charge in [-0.05, 0) is 74.2 Å². The summed E-state index contributed by atoms with van der Waals surface area (Å²) in [4.78, 5) is 20.8. The van der Waals surface area contributed by atoms with Crippen molar-refractivity contribution >= 4 is 33.3 Å². The van der Waals surface area contributed by atoms with Gasteiger partial charge >= 0.3 is 0 Å². The number of hydrogen-bond acceptors (Lipinski definition) is 3. The summed E-state index contributed by atoms with van der Waals surface area (Å²) >= 11 is 0. The van der Waals surface area contributed by atoms with Crippen LogP contribution in [0.3, 0.4) is 0 Å². The fourth-order valence-electron chi connectivity index (χ4n) is 5.73. The van der Waals surface area contributed by atoms with Gasteiger partial charge in [-0.3, -0.25) is 9.89 Å². The molecule has 5 aromatic rings. The molecule has 3 N–H and O–H groups in total. The molecule has 3 heterocycles. The molecule has 3 aromatic heterocycles. The molecule has 0 radical (unpaired) electrons. The van der Waals surface area contributed by atoms with Gasteiger partial charge in [0.2, 0.25) is 5.91 Å². The third-order valence-corrected chi connectivity index (χ3v) is 7.75. The molecule has 1 saturated carbocycles. The Balaban J connectivity index is 1.34. The van der Waals surface area contributed by atoms with Crippen molar-refractivity contribution in [2.24, 2.45) is 5.92 Å². The number of allylic oxidation sites excluding steroid dienone is 5. The summed E-state index contributed by atoms with van der Waals surface area (Å²) in [6, 6.07) is 14.6. The predicted octanol–water partition coefficient (Wildman–Crippen LogP) is 7.38. The monoisotopic (exact) mass is 530 g/mol. The van der Waals surface area contributed by atoms with Crippen molar-refractivity contribution in [2.45, 2.75) is 46.0 Å². The number of amides is 1. The number of carbonyl (C=O) groups is 1. The van der Waals surface area contributed by atoms with Crippen LogP contribution in [0.25, 0.3) is 44.5 Å². The smallest absolute Gasteiger partial charge is 0.227 e. The minimum Gasteiger partial charge on any atom is -0.353 e. The third-order valence-electron chi connectivity index (χ3n) is 7.75. The molecule has 40 heavy (non-hydrogen) atoms. The van der Waals surface area contributed by atoms with Crippen molar-refractivity contribution in [3.8, 4) is 17.1 Å². The molecule has 0 aliphatic heterocycles. The summed E-state index contributed by atoms with van der Waals surface area (Å²) in [6.45, 7) is 7.86. The van der Waals surface area contributed by atoms with Gasteiger partial charge in [0.25, 0.3) is 0 Å². The lowest BCUT2D eigenvalue weighted by Gasteiger charge is -2.21. The molecule has 6 rings (SSSR count). The lowest BCUT2D eigenvalue weighted by atomic mass is 9.88. The first kappa shape index (κ1) is 25.6. The number of aromatic nitrogens is 5. The summed E-state index contributed by atoms with van der Waals surface area (Å²) < 4.78 is 2.05. The zero-order valence-corrected chi connectivity index (χ0v) is 23.0. The maximum absolute atomic E-state index is 12.8. The van der Waals surface area contributed by atoms with Crippen molar-refractivity contribution in [3.05, 3.63) is 96.8 Å². The van der Waals surface area contributed by atoms with Gasteiger partial charge < -0.3 is 14.9 Å². The van der Waals surface area contributed by atoms with Crippen LogP contribution in [-0.2, 0) is 4.79 Å². The molecule has 2 aromatic carbocycles. The molecule has 1 aliphatic carbocycles. The molecule has 0 unspecified atom stereocenters. The van der Waals surface area contributed by atoms with E-state index < -0.39 is 0 Å². The molecule has 0 spiro atoms. The lowest BCUT2D eigenvalue weighted by molar-refractivity contribution is -0.125. The molecular formula is C33H34N6O. The number of imidazole rings is 1. The van der Waals surface area contributed by atoms with Crippen molar-refractivity contribution in [2.75, 3.05) is 0 Å². The van der Waals surface area contributed by atoms with Crippen LogP contribution in [-0.4, -0.2) is 30.6 Å². The largest absolute Gasteiger partial charge is 0.353 e. The number of benzene rings is 2. The van der Waals surface area contributed by atoms with E-state index in [1.807, 2.05) is 55.2 Å². The summed E-state index contributed by atoms with van der Waals surface area (Å²) in [6.07, 6.45) is 15.1. The maximum Gasteiger partial charge on any atom is 0.227 e. The number of aromatic amines is 2. The van der Waals surface area contributed by atoms with Gasteiger partial charge in [-0.25, -0.2) is 4.98 Å². The zero-order valence-electron chi connectivity index (χ0n) is 23.0. The highest BCUT2D eigenvalue weighted by molar-refractivity contribution is 5.99. The highest BCUT2D eigenvalue weighted by Gasteiger charge is 2.21. The number of fused-ring (bicyclic) bond motifs is 2. The van der Waals surface area contributed by atoms with Crippen molar-refractivity contribution in [1.29, 1.82) is 0 Å². The minimum atomic E-state index is 0.114.